The van der Waals surface area contributed by atoms with Crippen LogP contribution in [-0.2, 0) is 4.79 Å². The van der Waals surface area contributed by atoms with Crippen LogP contribution in [0.2, 0.25) is 0 Å². The number of benzene rings is 1. The van der Waals surface area contributed by atoms with Crippen LogP contribution in [-0.4, -0.2) is 16.7 Å². The predicted octanol–water partition coefficient (Wildman–Crippen LogP) is 3.98. The van der Waals surface area contributed by atoms with E-state index in [-0.39, 0.29) is 29.1 Å². The highest BCUT2D eigenvalue weighted by atomic mass is 35.5. The summed E-state index contributed by atoms with van der Waals surface area (Å²) in [5.41, 5.74) is 7.56. The molecule has 1 atom stereocenters. The van der Waals surface area contributed by atoms with Crippen LogP contribution < -0.4 is 11.1 Å². The van der Waals surface area contributed by atoms with Crippen molar-refractivity contribution in [3.05, 3.63) is 23.8 Å². The Hall–Kier alpha value is -0.710. The van der Waals surface area contributed by atoms with Crippen LogP contribution in [0.5, 0.6) is 0 Å². The maximum absolute atomic E-state index is 11.7. The van der Waals surface area contributed by atoms with Gasteiger partial charge in [-0.15, -0.1) is 24.2 Å². The molecule has 20 heavy (non-hydrogen) atoms. The third-order valence-electron chi connectivity index (χ3n) is 2.40. The third-order valence-corrected chi connectivity index (χ3v) is 3.51. The summed E-state index contributed by atoms with van der Waals surface area (Å²) < 4.78 is 0.187. The summed E-state index contributed by atoms with van der Waals surface area (Å²) in [6, 6.07) is 6.00. The number of nitrogens with one attached hydrogen (secondary N) is 1. The smallest absolute Gasteiger partial charge is 0.225 e. The second-order valence-corrected chi connectivity index (χ2v) is 7.82. The van der Waals surface area contributed by atoms with Crippen molar-refractivity contribution in [2.24, 2.45) is 5.73 Å². The van der Waals surface area contributed by atoms with Crippen LogP contribution in [0, 0.1) is 6.92 Å². The standard InChI is InChI=1S/C15H24N2OS.ClH/c1-10-8-12(19-15(3,4)5)6-7-13(10)17-14(18)9-11(2)16;/h6-8,11H,9,16H2,1-5H3,(H,17,18);1H. The van der Waals surface area contributed by atoms with E-state index in [1.54, 1.807) is 0 Å². The molecule has 1 rings (SSSR count). The van der Waals surface area contributed by atoms with Crippen LogP contribution in [0.15, 0.2) is 23.1 Å². The zero-order valence-electron chi connectivity index (χ0n) is 12.8. The molecule has 0 aliphatic carbocycles. The number of aryl methyl sites for hydroxylation is 1. The highest BCUT2D eigenvalue weighted by molar-refractivity contribution is 8.00. The van der Waals surface area contributed by atoms with Gasteiger partial charge in [-0.3, -0.25) is 4.79 Å². The molecule has 0 bridgehead atoms. The first-order valence-electron chi connectivity index (χ1n) is 6.52. The number of carbonyl (C=O) groups excluding carboxylic acids is 1. The quantitative estimate of drug-likeness (QED) is 0.826. The highest BCUT2D eigenvalue weighted by Crippen LogP contribution is 2.33. The number of anilines is 1. The number of thioether (sulfide) groups is 1. The lowest BCUT2D eigenvalue weighted by Gasteiger charge is -2.18. The van der Waals surface area contributed by atoms with Gasteiger partial charge in [-0.25, -0.2) is 0 Å². The van der Waals surface area contributed by atoms with Crippen molar-refractivity contribution in [2.75, 3.05) is 5.32 Å². The van der Waals surface area contributed by atoms with Gasteiger partial charge >= 0.3 is 0 Å². The van der Waals surface area contributed by atoms with E-state index in [1.807, 2.05) is 37.7 Å². The molecule has 0 aliphatic rings. The Bertz CT molecular complexity index is 456. The molecule has 0 heterocycles. The lowest BCUT2D eigenvalue weighted by Crippen LogP contribution is -2.24. The Morgan fingerprint density at radius 1 is 1.40 bits per heavy atom. The van der Waals surface area contributed by atoms with Crippen LogP contribution >= 0.6 is 24.2 Å². The van der Waals surface area contributed by atoms with Crippen molar-refractivity contribution in [3.8, 4) is 0 Å². The highest BCUT2D eigenvalue weighted by Gasteiger charge is 2.13. The predicted molar refractivity (Wildman–Crippen MR) is 90.9 cm³/mol. The van der Waals surface area contributed by atoms with Gasteiger partial charge in [0, 0.05) is 27.8 Å². The number of hydrogen-bond donors (Lipinski definition) is 2. The van der Waals surface area contributed by atoms with E-state index in [9.17, 15) is 4.79 Å². The molecular formula is C15H25ClN2OS. The number of nitrogens with two attached hydrogens (primary N) is 1. The molecule has 3 N–H and O–H groups in total. The van der Waals surface area contributed by atoms with E-state index < -0.39 is 0 Å². The molecule has 0 radical (unpaired) electrons. The Morgan fingerprint density at radius 2 is 2.00 bits per heavy atom. The molecular weight excluding hydrogens is 292 g/mol. The summed E-state index contributed by atoms with van der Waals surface area (Å²) in [6.45, 7) is 10.4. The number of rotatable bonds is 4. The van der Waals surface area contributed by atoms with Gasteiger partial charge in [-0.05, 0) is 37.6 Å². The SMILES string of the molecule is Cc1cc(SC(C)(C)C)ccc1NC(=O)CC(C)N.Cl. The van der Waals surface area contributed by atoms with Crippen molar-refractivity contribution in [1.82, 2.24) is 0 Å². The monoisotopic (exact) mass is 316 g/mol. The van der Waals surface area contributed by atoms with Gasteiger partial charge in [0.05, 0.1) is 0 Å². The summed E-state index contributed by atoms with van der Waals surface area (Å²) >= 11 is 1.82. The molecule has 3 nitrogen and oxygen atoms in total. The molecule has 1 aromatic carbocycles. The molecule has 0 aliphatic heterocycles. The summed E-state index contributed by atoms with van der Waals surface area (Å²) in [4.78, 5) is 12.9. The topological polar surface area (TPSA) is 55.1 Å². The average Bonchev–Trinajstić information content (AvgIpc) is 2.18. The Labute approximate surface area is 132 Å². The maximum Gasteiger partial charge on any atom is 0.225 e. The van der Waals surface area contributed by atoms with E-state index in [4.69, 9.17) is 5.73 Å². The maximum atomic E-state index is 11.7. The molecule has 0 saturated carbocycles. The normalized spacial score (nSPS) is 12.5. The van der Waals surface area contributed by atoms with Crippen LogP contribution in [0.25, 0.3) is 0 Å². The van der Waals surface area contributed by atoms with Gasteiger partial charge < -0.3 is 11.1 Å². The molecule has 5 heteroatoms. The molecule has 0 saturated heterocycles. The van der Waals surface area contributed by atoms with Gasteiger partial charge in [-0.2, -0.15) is 0 Å². The lowest BCUT2D eigenvalue weighted by molar-refractivity contribution is -0.116. The first kappa shape index (κ1) is 19.3. The zero-order valence-corrected chi connectivity index (χ0v) is 14.5. The largest absolute Gasteiger partial charge is 0.327 e. The van der Waals surface area contributed by atoms with Crippen LogP contribution in [0.4, 0.5) is 5.69 Å². The van der Waals surface area contributed by atoms with E-state index in [2.05, 4.69) is 32.2 Å². The lowest BCUT2D eigenvalue weighted by atomic mass is 10.2. The van der Waals surface area contributed by atoms with Crippen LogP contribution in [0.1, 0.15) is 39.7 Å². The second kappa shape index (κ2) is 7.91. The first-order valence-corrected chi connectivity index (χ1v) is 7.34. The fraction of sp³-hybridized carbons (Fsp3) is 0.533. The molecule has 0 spiro atoms. The van der Waals surface area contributed by atoms with Crippen molar-refractivity contribution in [2.45, 2.75) is 56.7 Å². The Morgan fingerprint density at radius 3 is 2.45 bits per heavy atom. The average molecular weight is 317 g/mol. The third kappa shape index (κ3) is 7.17. The van der Waals surface area contributed by atoms with E-state index in [0.717, 1.165) is 11.3 Å². The molecule has 114 valence electrons. The molecule has 1 aromatic rings. The first-order chi connectivity index (χ1) is 8.67. The van der Waals surface area contributed by atoms with Crippen molar-refractivity contribution in [3.63, 3.8) is 0 Å². The van der Waals surface area contributed by atoms with Gasteiger partial charge in [0.25, 0.3) is 0 Å². The molecule has 1 amide bonds. The summed E-state index contributed by atoms with van der Waals surface area (Å²) in [6.07, 6.45) is 0.345. The fourth-order valence-corrected chi connectivity index (χ4v) is 2.77. The van der Waals surface area contributed by atoms with Crippen molar-refractivity contribution >= 4 is 35.8 Å². The van der Waals surface area contributed by atoms with Gasteiger partial charge in [-0.1, -0.05) is 20.8 Å². The van der Waals surface area contributed by atoms with Crippen molar-refractivity contribution in [1.29, 1.82) is 0 Å². The summed E-state index contributed by atoms with van der Waals surface area (Å²) in [5.74, 6) is -0.0330. The van der Waals surface area contributed by atoms with Gasteiger partial charge in [0.1, 0.15) is 0 Å². The minimum absolute atomic E-state index is 0. The molecule has 0 fully saturated rings. The van der Waals surface area contributed by atoms with E-state index in [0.29, 0.717) is 6.42 Å². The van der Waals surface area contributed by atoms with Crippen molar-refractivity contribution < 1.29 is 4.79 Å². The summed E-state index contributed by atoms with van der Waals surface area (Å²) in [5, 5.41) is 2.90. The Balaban J connectivity index is 0.00000361. The fourth-order valence-electron chi connectivity index (χ4n) is 1.69. The Kier molecular flexibility index (Phi) is 7.63. The number of carbonyl (C=O) groups is 1. The van der Waals surface area contributed by atoms with Gasteiger partial charge in [0.2, 0.25) is 5.91 Å². The van der Waals surface area contributed by atoms with Gasteiger partial charge in [0.15, 0.2) is 0 Å². The second-order valence-electron chi connectivity index (χ2n) is 5.92. The minimum atomic E-state index is -0.115. The van der Waals surface area contributed by atoms with E-state index >= 15 is 0 Å². The molecule has 1 unspecified atom stereocenters. The number of amides is 1. The van der Waals surface area contributed by atoms with Crippen LogP contribution in [0.3, 0.4) is 0 Å². The summed E-state index contributed by atoms with van der Waals surface area (Å²) in [7, 11) is 0. The number of halogens is 1. The molecule has 0 aromatic heterocycles. The van der Waals surface area contributed by atoms with E-state index in [1.165, 1.54) is 4.90 Å². The minimum Gasteiger partial charge on any atom is -0.327 e. The zero-order chi connectivity index (χ0) is 14.6. The number of hydrogen-bond acceptors (Lipinski definition) is 3.